The molecule has 0 fully saturated rings. The molecule has 256 valence electrons. The number of nitrogens with one attached hydrogen (secondary N) is 3. The van der Waals surface area contributed by atoms with Crippen LogP contribution >= 0.6 is 0 Å². The van der Waals surface area contributed by atoms with Gasteiger partial charge in [0.25, 0.3) is 0 Å². The Hall–Kier alpha value is -3.71. The Morgan fingerprint density at radius 3 is 1.33 bits per heavy atom. The fourth-order valence-corrected chi connectivity index (χ4v) is 4.51. The van der Waals surface area contributed by atoms with E-state index in [4.69, 9.17) is 14.2 Å². The Kier molecular flexibility index (Phi) is 14.5. The van der Waals surface area contributed by atoms with E-state index in [1.165, 1.54) is 0 Å². The minimum atomic E-state index is -1.13. The molecular weight excluding hydrogens is 588 g/mol. The fourth-order valence-electron chi connectivity index (χ4n) is 4.51. The molecule has 0 aliphatic rings. The van der Waals surface area contributed by atoms with Crippen LogP contribution in [0.5, 0.6) is 0 Å². The summed E-state index contributed by atoms with van der Waals surface area (Å²) >= 11 is 0. The zero-order valence-electron chi connectivity index (χ0n) is 28.3. The van der Waals surface area contributed by atoms with Crippen LogP contribution in [0, 0.1) is 0 Å². The van der Waals surface area contributed by atoms with E-state index in [9.17, 15) is 33.6 Å². The van der Waals surface area contributed by atoms with Crippen LogP contribution in [0.3, 0.4) is 0 Å². The van der Waals surface area contributed by atoms with Gasteiger partial charge in [-0.15, -0.1) is 0 Å². The number of hydrogen-bond donors (Lipinski definition) is 3. The lowest BCUT2D eigenvalue weighted by Gasteiger charge is -2.36. The fraction of sp³-hybridized carbons (Fsp3) is 0.774. The summed E-state index contributed by atoms with van der Waals surface area (Å²) in [4.78, 5) is 90.3. The molecule has 0 saturated carbocycles. The van der Waals surface area contributed by atoms with Crippen molar-refractivity contribution < 1.29 is 33.4 Å². The van der Waals surface area contributed by atoms with Gasteiger partial charge in [-0.1, -0.05) is 6.42 Å². The maximum absolute atomic E-state index is 13.2. The molecule has 1 rings (SSSR count). The normalized spacial score (nSPS) is 12.4. The average molecular weight is 641 g/mol. The second-order valence-electron chi connectivity index (χ2n) is 14.2. The molecule has 0 radical (unpaired) electrons. The first kappa shape index (κ1) is 39.3. The number of amides is 1. The first-order chi connectivity index (χ1) is 20.5. The first-order valence-electron chi connectivity index (χ1n) is 15.4. The maximum Gasteiger partial charge on any atom is 0.333 e. The number of rotatable bonds is 16. The van der Waals surface area contributed by atoms with E-state index in [2.05, 4.69) is 5.32 Å². The third-order valence-corrected chi connectivity index (χ3v) is 6.30. The van der Waals surface area contributed by atoms with E-state index in [-0.39, 0.29) is 57.4 Å². The lowest BCUT2D eigenvalue weighted by Crippen LogP contribution is -2.50. The van der Waals surface area contributed by atoms with Gasteiger partial charge in [-0.05, 0) is 94.4 Å². The van der Waals surface area contributed by atoms with E-state index in [0.29, 0.717) is 19.3 Å². The van der Waals surface area contributed by atoms with Crippen LogP contribution < -0.4 is 22.4 Å². The summed E-state index contributed by atoms with van der Waals surface area (Å²) in [5, 5.41) is 3.01. The Bertz CT molecular complexity index is 1220. The Labute approximate surface area is 264 Å². The van der Waals surface area contributed by atoms with Gasteiger partial charge in [0.1, 0.15) is 16.8 Å². The van der Waals surface area contributed by atoms with Gasteiger partial charge >= 0.3 is 35.0 Å². The molecule has 0 unspecified atom stereocenters. The van der Waals surface area contributed by atoms with Gasteiger partial charge in [0.2, 0.25) is 5.91 Å². The van der Waals surface area contributed by atoms with Crippen molar-refractivity contribution in [1.82, 2.24) is 19.9 Å². The number of esters is 3. The summed E-state index contributed by atoms with van der Waals surface area (Å²) in [5.41, 5.74) is -5.80. The molecule has 45 heavy (non-hydrogen) atoms. The second-order valence-corrected chi connectivity index (χ2v) is 14.2. The molecular formula is C31H52N4O10. The highest BCUT2D eigenvalue weighted by Crippen LogP contribution is 2.29. The Morgan fingerprint density at radius 2 is 0.978 bits per heavy atom. The number of unbranched alkanes of at least 4 members (excludes halogenated alkanes) is 2. The Balaban J connectivity index is 3.09. The minimum Gasteiger partial charge on any atom is -0.460 e. The van der Waals surface area contributed by atoms with Crippen LogP contribution in [0.25, 0.3) is 0 Å². The highest BCUT2D eigenvalue weighted by atomic mass is 16.6. The molecule has 14 nitrogen and oxygen atoms in total. The smallest absolute Gasteiger partial charge is 0.333 e. The SMILES string of the molecule is CC(C)(C)OC(=O)CCC(CCC(=O)OC(C)(C)C)(CCC(=O)OC(C)(C)C)NC(=O)CCCCCn1c(=O)[nH]c(=O)[nH]c1=O. The number of ether oxygens (including phenoxy) is 3. The molecule has 0 aromatic carbocycles. The number of aromatic nitrogens is 3. The van der Waals surface area contributed by atoms with Gasteiger partial charge in [0.05, 0.1) is 0 Å². The molecule has 0 aliphatic carbocycles. The molecule has 14 heteroatoms. The van der Waals surface area contributed by atoms with Gasteiger partial charge in [0, 0.05) is 37.8 Å². The third-order valence-electron chi connectivity index (χ3n) is 6.30. The highest BCUT2D eigenvalue weighted by molar-refractivity contribution is 5.78. The summed E-state index contributed by atoms with van der Waals surface area (Å²) in [7, 11) is 0. The lowest BCUT2D eigenvalue weighted by molar-refractivity contribution is -0.155. The molecule has 0 spiro atoms. The summed E-state index contributed by atoms with van der Waals surface area (Å²) in [6, 6.07) is 0. The van der Waals surface area contributed by atoms with E-state index in [0.717, 1.165) is 4.57 Å². The molecule has 0 aliphatic heterocycles. The van der Waals surface area contributed by atoms with Crippen LogP contribution in [-0.2, 0) is 39.9 Å². The summed E-state index contributed by atoms with van der Waals surface area (Å²) in [6.07, 6.45) is 1.48. The molecule has 1 aromatic heterocycles. The standard InChI is InChI=1S/C31H52N4O10/c1-28(2,3)43-22(37)14-17-31(18-15-23(38)44-29(4,5)6,19-16-24(39)45-30(7,8)9)34-21(36)13-11-10-12-20-35-26(41)32-25(40)33-27(35)42/h10-20H2,1-9H3,(H,34,36)(H2,32,33,40,41,42). The van der Waals surface area contributed by atoms with Crippen molar-refractivity contribution in [1.29, 1.82) is 0 Å². The molecule has 0 atom stereocenters. The van der Waals surface area contributed by atoms with Gasteiger partial charge in [-0.25, -0.2) is 19.0 Å². The van der Waals surface area contributed by atoms with Crippen molar-refractivity contribution in [3.8, 4) is 0 Å². The number of nitrogens with zero attached hydrogens (tertiary/aromatic N) is 1. The zero-order valence-corrected chi connectivity index (χ0v) is 28.3. The van der Waals surface area contributed by atoms with Crippen molar-refractivity contribution in [2.75, 3.05) is 0 Å². The summed E-state index contributed by atoms with van der Waals surface area (Å²) < 4.78 is 17.3. The monoisotopic (exact) mass is 640 g/mol. The number of H-pyrrole nitrogens is 2. The van der Waals surface area contributed by atoms with Gasteiger partial charge in [-0.3, -0.25) is 29.1 Å². The van der Waals surface area contributed by atoms with E-state index in [1.54, 1.807) is 62.3 Å². The summed E-state index contributed by atoms with van der Waals surface area (Å²) in [5.74, 6) is -1.80. The molecule has 1 amide bonds. The average Bonchev–Trinajstić information content (AvgIpc) is 2.83. The van der Waals surface area contributed by atoms with E-state index >= 15 is 0 Å². The zero-order chi connectivity index (χ0) is 34.6. The lowest BCUT2D eigenvalue weighted by atomic mass is 9.83. The first-order valence-corrected chi connectivity index (χ1v) is 15.4. The van der Waals surface area contributed by atoms with Crippen LogP contribution in [0.2, 0.25) is 0 Å². The van der Waals surface area contributed by atoms with Crippen molar-refractivity contribution in [2.24, 2.45) is 0 Å². The molecule has 0 bridgehead atoms. The highest BCUT2D eigenvalue weighted by Gasteiger charge is 2.35. The van der Waals surface area contributed by atoms with Gasteiger partial charge in [-0.2, -0.15) is 0 Å². The summed E-state index contributed by atoms with van der Waals surface area (Å²) in [6.45, 7) is 15.8. The minimum absolute atomic E-state index is 0.0537. The molecule has 1 aromatic rings. The van der Waals surface area contributed by atoms with Crippen molar-refractivity contribution in [2.45, 2.75) is 155 Å². The predicted octanol–water partition coefficient (Wildman–Crippen LogP) is 3.01. The number of hydrogen-bond acceptors (Lipinski definition) is 10. The topological polar surface area (TPSA) is 196 Å². The van der Waals surface area contributed by atoms with Crippen molar-refractivity contribution >= 4 is 23.8 Å². The molecule has 0 saturated heterocycles. The van der Waals surface area contributed by atoms with Crippen molar-refractivity contribution in [3.63, 3.8) is 0 Å². The number of aromatic amines is 2. The third kappa shape index (κ3) is 17.4. The predicted molar refractivity (Wildman–Crippen MR) is 167 cm³/mol. The van der Waals surface area contributed by atoms with Gasteiger partial charge in [0.15, 0.2) is 0 Å². The maximum atomic E-state index is 13.2. The number of carbonyl (C=O) groups excluding carboxylic acids is 4. The second kappa shape index (κ2) is 16.6. The molecule has 3 N–H and O–H groups in total. The Morgan fingerprint density at radius 1 is 0.600 bits per heavy atom. The van der Waals surface area contributed by atoms with E-state index < -0.39 is 57.3 Å². The quantitative estimate of drug-likeness (QED) is 0.137. The largest absolute Gasteiger partial charge is 0.460 e. The van der Waals surface area contributed by atoms with Crippen LogP contribution in [0.4, 0.5) is 0 Å². The van der Waals surface area contributed by atoms with E-state index in [1.807, 2.05) is 9.97 Å². The van der Waals surface area contributed by atoms with Crippen molar-refractivity contribution in [3.05, 3.63) is 31.5 Å². The van der Waals surface area contributed by atoms with Crippen LogP contribution in [0.1, 0.15) is 127 Å². The van der Waals surface area contributed by atoms with Crippen LogP contribution in [0.15, 0.2) is 14.4 Å². The number of carbonyl (C=O) groups is 4. The van der Waals surface area contributed by atoms with Crippen LogP contribution in [-0.4, -0.2) is 60.7 Å². The molecule has 1 heterocycles. The van der Waals surface area contributed by atoms with Gasteiger partial charge < -0.3 is 19.5 Å².